The molecular formula is C17H19N3O. The van der Waals surface area contributed by atoms with E-state index in [1.54, 1.807) is 0 Å². The number of hydrogen-bond donors (Lipinski definition) is 1. The second-order valence-corrected chi connectivity index (χ2v) is 5.04. The molecule has 0 radical (unpaired) electrons. The molecule has 1 aromatic carbocycles. The van der Waals surface area contributed by atoms with Gasteiger partial charge in [-0.05, 0) is 24.6 Å². The van der Waals surface area contributed by atoms with Gasteiger partial charge in [0.1, 0.15) is 18.0 Å². The first kappa shape index (κ1) is 13.6. The molecule has 2 N–H and O–H groups in total. The van der Waals surface area contributed by atoms with Crippen molar-refractivity contribution in [1.29, 1.82) is 0 Å². The lowest BCUT2D eigenvalue weighted by Crippen LogP contribution is -2.10. The molecule has 0 saturated carbocycles. The second-order valence-electron chi connectivity index (χ2n) is 5.04. The number of nitrogens with zero attached hydrogens (tertiary/aromatic N) is 2. The van der Waals surface area contributed by atoms with Crippen LogP contribution in [-0.2, 0) is 6.61 Å². The summed E-state index contributed by atoms with van der Waals surface area (Å²) in [6.45, 7) is 2.51. The molecule has 2 heterocycles. The molecule has 4 nitrogen and oxygen atoms in total. The van der Waals surface area contributed by atoms with Crippen molar-refractivity contribution in [3.05, 3.63) is 66.1 Å². The van der Waals surface area contributed by atoms with Gasteiger partial charge in [0.25, 0.3) is 0 Å². The number of pyridine rings is 1. The highest BCUT2D eigenvalue weighted by Crippen LogP contribution is 2.26. The lowest BCUT2D eigenvalue weighted by Gasteiger charge is -2.15. The van der Waals surface area contributed by atoms with Crippen LogP contribution >= 0.6 is 0 Å². The van der Waals surface area contributed by atoms with Crippen LogP contribution in [0.2, 0.25) is 0 Å². The molecule has 21 heavy (non-hydrogen) atoms. The summed E-state index contributed by atoms with van der Waals surface area (Å²) in [7, 11) is 0. The van der Waals surface area contributed by atoms with Crippen molar-refractivity contribution in [2.24, 2.45) is 5.73 Å². The van der Waals surface area contributed by atoms with Crippen LogP contribution in [0, 0.1) is 0 Å². The van der Waals surface area contributed by atoms with E-state index in [2.05, 4.69) is 11.9 Å². The Balaban J connectivity index is 1.78. The fraction of sp³-hybridized carbons (Fsp3) is 0.235. The fourth-order valence-corrected chi connectivity index (χ4v) is 2.35. The number of aromatic nitrogens is 2. The molecule has 0 fully saturated rings. The Bertz CT molecular complexity index is 702. The van der Waals surface area contributed by atoms with E-state index >= 15 is 0 Å². The van der Waals surface area contributed by atoms with E-state index in [1.807, 2.05) is 59.3 Å². The third-order valence-electron chi connectivity index (χ3n) is 3.55. The molecule has 0 aliphatic heterocycles. The van der Waals surface area contributed by atoms with Crippen LogP contribution in [0.1, 0.15) is 30.6 Å². The molecule has 3 rings (SSSR count). The quantitative estimate of drug-likeness (QED) is 0.780. The van der Waals surface area contributed by atoms with Gasteiger partial charge in [-0.25, -0.2) is 4.98 Å². The summed E-state index contributed by atoms with van der Waals surface area (Å²) in [6.07, 6.45) is 4.85. The van der Waals surface area contributed by atoms with E-state index in [0.717, 1.165) is 29.1 Å². The van der Waals surface area contributed by atoms with Gasteiger partial charge in [0.2, 0.25) is 0 Å². The van der Waals surface area contributed by atoms with Crippen molar-refractivity contribution in [2.45, 2.75) is 26.0 Å². The summed E-state index contributed by atoms with van der Waals surface area (Å²) < 4.78 is 7.91. The van der Waals surface area contributed by atoms with Crippen LogP contribution < -0.4 is 10.5 Å². The SMILES string of the molecule is CC[C@@H](N)c1ccccc1OCc1cn2ccccc2n1. The van der Waals surface area contributed by atoms with Crippen molar-refractivity contribution in [3.63, 3.8) is 0 Å². The first-order valence-electron chi connectivity index (χ1n) is 7.18. The zero-order valence-corrected chi connectivity index (χ0v) is 12.1. The summed E-state index contributed by atoms with van der Waals surface area (Å²) in [5.74, 6) is 0.837. The Kier molecular flexibility index (Phi) is 3.88. The van der Waals surface area contributed by atoms with Crippen molar-refractivity contribution in [1.82, 2.24) is 9.38 Å². The number of imidazole rings is 1. The van der Waals surface area contributed by atoms with E-state index in [9.17, 15) is 0 Å². The number of ether oxygens (including phenoxy) is 1. The van der Waals surface area contributed by atoms with Crippen LogP contribution in [0.5, 0.6) is 5.75 Å². The van der Waals surface area contributed by atoms with E-state index in [-0.39, 0.29) is 6.04 Å². The molecule has 0 spiro atoms. The molecule has 1 atom stereocenters. The first-order chi connectivity index (χ1) is 10.3. The van der Waals surface area contributed by atoms with E-state index in [1.165, 1.54) is 0 Å². The van der Waals surface area contributed by atoms with Crippen molar-refractivity contribution in [2.75, 3.05) is 0 Å². The molecule has 2 aromatic heterocycles. The molecule has 0 bridgehead atoms. The Morgan fingerprint density at radius 2 is 2.00 bits per heavy atom. The van der Waals surface area contributed by atoms with Gasteiger partial charge < -0.3 is 14.9 Å². The molecule has 108 valence electrons. The number of benzene rings is 1. The van der Waals surface area contributed by atoms with Gasteiger partial charge in [0, 0.05) is 24.0 Å². The summed E-state index contributed by atoms with van der Waals surface area (Å²) >= 11 is 0. The molecule has 0 saturated heterocycles. The maximum absolute atomic E-state index is 6.13. The number of para-hydroxylation sites is 1. The average molecular weight is 281 g/mol. The predicted octanol–water partition coefficient (Wildman–Crippen LogP) is 3.32. The normalized spacial score (nSPS) is 12.5. The molecular weight excluding hydrogens is 262 g/mol. The number of rotatable bonds is 5. The topological polar surface area (TPSA) is 52.5 Å². The highest BCUT2D eigenvalue weighted by atomic mass is 16.5. The second kappa shape index (κ2) is 5.97. The molecule has 0 amide bonds. The van der Waals surface area contributed by atoms with Crippen molar-refractivity contribution >= 4 is 5.65 Å². The highest BCUT2D eigenvalue weighted by molar-refractivity contribution is 5.40. The van der Waals surface area contributed by atoms with Crippen molar-refractivity contribution in [3.8, 4) is 5.75 Å². The zero-order valence-electron chi connectivity index (χ0n) is 12.1. The standard InChI is InChI=1S/C17H19N3O/c1-2-15(18)14-7-3-4-8-16(14)21-12-13-11-20-10-6-5-9-17(20)19-13/h3-11,15H,2,12,18H2,1H3/t15-/m1/s1. The van der Waals surface area contributed by atoms with Gasteiger partial charge in [-0.3, -0.25) is 0 Å². The Hall–Kier alpha value is -2.33. The van der Waals surface area contributed by atoms with Crippen molar-refractivity contribution < 1.29 is 4.74 Å². The smallest absolute Gasteiger partial charge is 0.137 e. The van der Waals surface area contributed by atoms with Gasteiger partial charge in [0.05, 0.1) is 5.69 Å². The van der Waals surface area contributed by atoms with Crippen LogP contribution in [0.15, 0.2) is 54.9 Å². The predicted molar refractivity (Wildman–Crippen MR) is 83.2 cm³/mol. The Morgan fingerprint density at radius 3 is 2.81 bits per heavy atom. The van der Waals surface area contributed by atoms with Gasteiger partial charge >= 0.3 is 0 Å². The number of fused-ring (bicyclic) bond motifs is 1. The van der Waals surface area contributed by atoms with Crippen LogP contribution in [0.4, 0.5) is 0 Å². The number of hydrogen-bond acceptors (Lipinski definition) is 3. The zero-order chi connectivity index (χ0) is 14.7. The largest absolute Gasteiger partial charge is 0.487 e. The minimum absolute atomic E-state index is 0.00210. The van der Waals surface area contributed by atoms with Gasteiger partial charge in [-0.1, -0.05) is 31.2 Å². The lowest BCUT2D eigenvalue weighted by molar-refractivity contribution is 0.296. The maximum Gasteiger partial charge on any atom is 0.137 e. The summed E-state index contributed by atoms with van der Waals surface area (Å²) in [5, 5.41) is 0. The first-order valence-corrected chi connectivity index (χ1v) is 7.18. The molecule has 3 aromatic rings. The Morgan fingerprint density at radius 1 is 1.19 bits per heavy atom. The summed E-state index contributed by atoms with van der Waals surface area (Å²) in [6, 6.07) is 13.9. The average Bonchev–Trinajstić information content (AvgIpc) is 2.95. The fourth-order valence-electron chi connectivity index (χ4n) is 2.35. The molecule has 0 unspecified atom stereocenters. The molecule has 4 heteroatoms. The minimum atomic E-state index is 0.00210. The molecule has 0 aliphatic carbocycles. The third kappa shape index (κ3) is 2.90. The third-order valence-corrected chi connectivity index (χ3v) is 3.55. The molecule has 0 aliphatic rings. The van der Waals surface area contributed by atoms with E-state index < -0.39 is 0 Å². The van der Waals surface area contributed by atoms with E-state index in [0.29, 0.717) is 6.61 Å². The minimum Gasteiger partial charge on any atom is -0.487 e. The van der Waals surface area contributed by atoms with Gasteiger partial charge in [0.15, 0.2) is 0 Å². The van der Waals surface area contributed by atoms with E-state index in [4.69, 9.17) is 10.5 Å². The summed E-state index contributed by atoms with van der Waals surface area (Å²) in [4.78, 5) is 4.53. The van der Waals surface area contributed by atoms with Gasteiger partial charge in [-0.2, -0.15) is 0 Å². The number of nitrogens with two attached hydrogens (primary N) is 1. The Labute approximate surface area is 124 Å². The van der Waals surface area contributed by atoms with Crippen LogP contribution in [0.25, 0.3) is 5.65 Å². The maximum atomic E-state index is 6.13. The van der Waals surface area contributed by atoms with Gasteiger partial charge in [-0.15, -0.1) is 0 Å². The highest BCUT2D eigenvalue weighted by Gasteiger charge is 2.10. The lowest BCUT2D eigenvalue weighted by atomic mass is 10.0. The van der Waals surface area contributed by atoms with Crippen LogP contribution in [-0.4, -0.2) is 9.38 Å². The summed E-state index contributed by atoms with van der Waals surface area (Å²) in [5.41, 5.74) is 9.00. The monoisotopic (exact) mass is 281 g/mol. The van der Waals surface area contributed by atoms with Crippen LogP contribution in [0.3, 0.4) is 0 Å².